The summed E-state index contributed by atoms with van der Waals surface area (Å²) >= 11 is 1.43. The molecule has 2 aliphatic carbocycles. The van der Waals surface area contributed by atoms with Gasteiger partial charge in [-0.05, 0) is 48.3 Å². The van der Waals surface area contributed by atoms with Gasteiger partial charge < -0.3 is 20.9 Å². The molecule has 36 heavy (non-hydrogen) atoms. The second kappa shape index (κ2) is 8.44. The maximum Gasteiger partial charge on any atom is 0.246 e. The fraction of sp³-hybridized carbons (Fsp3) is 0.731. The number of aromatic nitrogens is 1. The molecule has 2 saturated carbocycles. The van der Waals surface area contributed by atoms with Gasteiger partial charge in [0.1, 0.15) is 18.1 Å². The van der Waals surface area contributed by atoms with Gasteiger partial charge in [-0.1, -0.05) is 34.6 Å². The standard InChI is InChI=1S/C26H36N6O3S/c1-24(2,3)19(30-23-28-8-9-36-23)22(35)32-13-16-17(25(16,4)5)18(32)21(34)29-15(12-27)10-14-11-26(6-7-26)31-20(14)33/h8-9,14-19H,6-7,10-11,13H2,1-5H3,(H,28,30)(H,29,34)(H,31,33)/t14-,15+,16+,17+,18+,19-/m1/s1. The Hall–Kier alpha value is -2.67. The van der Waals surface area contributed by atoms with Gasteiger partial charge in [0.15, 0.2) is 5.13 Å². The first-order chi connectivity index (χ1) is 16.9. The van der Waals surface area contributed by atoms with Gasteiger partial charge >= 0.3 is 0 Å². The zero-order valence-corrected chi connectivity index (χ0v) is 22.4. The van der Waals surface area contributed by atoms with Gasteiger partial charge in [-0.2, -0.15) is 5.26 Å². The molecule has 0 bridgehead atoms. The SMILES string of the molecule is CC(C)(C)[C@H](Nc1nccs1)C(=O)N1C[C@H]2[C@@H]([C@H]1C(=O)N[C@H](C#N)C[C@@H]1CC3(CC3)NC1=O)C2(C)C. The van der Waals surface area contributed by atoms with Gasteiger partial charge in [0, 0.05) is 29.6 Å². The fourth-order valence-corrected chi connectivity index (χ4v) is 6.94. The van der Waals surface area contributed by atoms with Gasteiger partial charge in [0.25, 0.3) is 0 Å². The Morgan fingerprint density at radius 3 is 2.64 bits per heavy atom. The van der Waals surface area contributed by atoms with E-state index in [-0.39, 0.29) is 46.4 Å². The second-order valence-corrected chi connectivity index (χ2v) is 13.7. The Balaban J connectivity index is 1.32. The zero-order valence-electron chi connectivity index (χ0n) is 21.6. The van der Waals surface area contributed by atoms with E-state index < -0.39 is 23.5 Å². The Morgan fingerprint density at radius 2 is 2.08 bits per heavy atom. The molecule has 194 valence electrons. The Labute approximate surface area is 216 Å². The van der Waals surface area contributed by atoms with E-state index in [0.29, 0.717) is 18.1 Å². The molecular formula is C26H36N6O3S. The summed E-state index contributed by atoms with van der Waals surface area (Å²) in [7, 11) is 0. The van der Waals surface area contributed by atoms with Crippen LogP contribution in [0.15, 0.2) is 11.6 Å². The fourth-order valence-electron chi connectivity index (χ4n) is 6.38. The molecule has 4 fully saturated rings. The average molecular weight is 513 g/mol. The topological polar surface area (TPSA) is 127 Å². The van der Waals surface area contributed by atoms with Crippen molar-refractivity contribution in [1.82, 2.24) is 20.5 Å². The largest absolute Gasteiger partial charge is 0.350 e. The molecule has 3 amide bonds. The minimum absolute atomic E-state index is 0.0238. The number of carbonyl (C=O) groups excluding carboxylic acids is 3. The van der Waals surface area contributed by atoms with Crippen LogP contribution >= 0.6 is 11.3 Å². The number of fused-ring (bicyclic) bond motifs is 1. The van der Waals surface area contributed by atoms with Crippen molar-refractivity contribution < 1.29 is 14.4 Å². The highest BCUT2D eigenvalue weighted by Gasteiger charge is 2.69. The number of amides is 3. The predicted octanol–water partition coefficient (Wildman–Crippen LogP) is 2.52. The summed E-state index contributed by atoms with van der Waals surface area (Å²) in [6.07, 6.45) is 4.68. The normalized spacial score (nSPS) is 30.7. The molecule has 10 heteroatoms. The summed E-state index contributed by atoms with van der Waals surface area (Å²) in [6, 6.07) is 0.227. The minimum atomic E-state index is -0.771. The lowest BCUT2D eigenvalue weighted by Gasteiger charge is -2.37. The number of nitrogens with zero attached hydrogens (tertiary/aromatic N) is 3. The quantitative estimate of drug-likeness (QED) is 0.515. The molecule has 4 aliphatic rings. The third kappa shape index (κ3) is 4.36. The van der Waals surface area contributed by atoms with Crippen molar-refractivity contribution >= 4 is 34.2 Å². The van der Waals surface area contributed by atoms with Crippen LogP contribution in [-0.2, 0) is 14.4 Å². The number of piperidine rings is 1. The Bertz CT molecular complexity index is 1100. The van der Waals surface area contributed by atoms with Crippen LogP contribution in [0.2, 0.25) is 0 Å². The van der Waals surface area contributed by atoms with Crippen LogP contribution < -0.4 is 16.0 Å². The van der Waals surface area contributed by atoms with E-state index in [1.807, 2.05) is 26.2 Å². The van der Waals surface area contributed by atoms with Gasteiger partial charge in [0.05, 0.1) is 6.07 Å². The first kappa shape index (κ1) is 25.0. The summed E-state index contributed by atoms with van der Waals surface area (Å²) in [5.41, 5.74) is -0.515. The summed E-state index contributed by atoms with van der Waals surface area (Å²) in [6.45, 7) is 10.8. The van der Waals surface area contributed by atoms with E-state index in [1.165, 1.54) is 11.3 Å². The summed E-state index contributed by atoms with van der Waals surface area (Å²) in [5, 5.41) is 21.6. The maximum atomic E-state index is 13.9. The average Bonchev–Trinajstić information content (AvgIpc) is 3.35. The van der Waals surface area contributed by atoms with Crippen LogP contribution in [0.4, 0.5) is 5.13 Å². The number of carbonyl (C=O) groups is 3. The number of nitriles is 1. The highest BCUT2D eigenvalue weighted by atomic mass is 32.1. The predicted molar refractivity (Wildman–Crippen MR) is 136 cm³/mol. The van der Waals surface area contributed by atoms with E-state index in [0.717, 1.165) is 19.3 Å². The van der Waals surface area contributed by atoms with Crippen LogP contribution in [0.1, 0.15) is 60.3 Å². The molecule has 2 saturated heterocycles. The molecule has 2 aliphatic heterocycles. The van der Waals surface area contributed by atoms with Crippen molar-refractivity contribution in [2.45, 2.75) is 84.0 Å². The molecule has 5 rings (SSSR count). The molecule has 3 heterocycles. The third-order valence-electron chi connectivity index (χ3n) is 8.82. The first-order valence-electron chi connectivity index (χ1n) is 12.8. The van der Waals surface area contributed by atoms with Crippen LogP contribution in [0.5, 0.6) is 0 Å². The maximum absolute atomic E-state index is 13.9. The molecule has 1 aromatic heterocycles. The lowest BCUT2D eigenvalue weighted by Crippen LogP contribution is -2.57. The molecule has 9 nitrogen and oxygen atoms in total. The van der Waals surface area contributed by atoms with E-state index >= 15 is 0 Å². The third-order valence-corrected chi connectivity index (χ3v) is 9.52. The van der Waals surface area contributed by atoms with Crippen molar-refractivity contribution in [3.8, 4) is 6.07 Å². The number of rotatable bonds is 7. The van der Waals surface area contributed by atoms with Crippen molar-refractivity contribution in [2.75, 3.05) is 11.9 Å². The van der Waals surface area contributed by atoms with Crippen molar-refractivity contribution in [3.05, 3.63) is 11.6 Å². The molecule has 0 aromatic carbocycles. The Morgan fingerprint density at radius 1 is 1.36 bits per heavy atom. The molecule has 0 radical (unpaired) electrons. The number of nitrogens with one attached hydrogen (secondary N) is 3. The van der Waals surface area contributed by atoms with Crippen LogP contribution in [0.25, 0.3) is 0 Å². The van der Waals surface area contributed by atoms with Crippen molar-refractivity contribution in [3.63, 3.8) is 0 Å². The van der Waals surface area contributed by atoms with E-state index in [1.54, 1.807) is 11.1 Å². The van der Waals surface area contributed by atoms with Gasteiger partial charge in [0.2, 0.25) is 17.7 Å². The summed E-state index contributed by atoms with van der Waals surface area (Å²) < 4.78 is 0. The molecular weight excluding hydrogens is 476 g/mol. The minimum Gasteiger partial charge on any atom is -0.350 e. The zero-order chi connectivity index (χ0) is 26.0. The summed E-state index contributed by atoms with van der Waals surface area (Å²) in [4.78, 5) is 46.0. The molecule has 1 aromatic rings. The molecule has 1 spiro atoms. The van der Waals surface area contributed by atoms with Gasteiger partial charge in [-0.25, -0.2) is 4.98 Å². The Kier molecular flexibility index (Phi) is 5.86. The number of anilines is 1. The summed E-state index contributed by atoms with van der Waals surface area (Å²) in [5.74, 6) is -0.421. The van der Waals surface area contributed by atoms with Gasteiger partial charge in [-0.3, -0.25) is 14.4 Å². The smallest absolute Gasteiger partial charge is 0.246 e. The monoisotopic (exact) mass is 512 g/mol. The highest BCUT2D eigenvalue weighted by molar-refractivity contribution is 7.13. The highest BCUT2D eigenvalue weighted by Crippen LogP contribution is 2.65. The number of likely N-dealkylation sites (tertiary alicyclic amines) is 1. The molecule has 6 atom stereocenters. The van der Waals surface area contributed by atoms with Crippen LogP contribution in [0.3, 0.4) is 0 Å². The van der Waals surface area contributed by atoms with Crippen LogP contribution in [0, 0.1) is 39.9 Å². The van der Waals surface area contributed by atoms with Crippen molar-refractivity contribution in [1.29, 1.82) is 5.26 Å². The van der Waals surface area contributed by atoms with Gasteiger partial charge in [-0.15, -0.1) is 11.3 Å². The lowest BCUT2D eigenvalue weighted by molar-refractivity contribution is -0.142. The van der Waals surface area contributed by atoms with Crippen molar-refractivity contribution in [2.24, 2.45) is 28.6 Å². The second-order valence-electron chi connectivity index (χ2n) is 12.8. The number of hydrogen-bond donors (Lipinski definition) is 3. The molecule has 3 N–H and O–H groups in total. The first-order valence-corrected chi connectivity index (χ1v) is 13.7. The molecule has 0 unspecified atom stereocenters. The number of hydrogen-bond acceptors (Lipinski definition) is 7. The van der Waals surface area contributed by atoms with E-state index in [2.05, 4.69) is 40.9 Å². The number of thiazole rings is 1. The lowest BCUT2D eigenvalue weighted by atomic mass is 9.85. The van der Waals surface area contributed by atoms with Crippen LogP contribution in [-0.4, -0.2) is 57.8 Å². The van der Waals surface area contributed by atoms with E-state index in [9.17, 15) is 19.6 Å². The van der Waals surface area contributed by atoms with E-state index in [4.69, 9.17) is 0 Å².